The van der Waals surface area contributed by atoms with Crippen LogP contribution in [0.1, 0.15) is 49.6 Å². The number of halogens is 1. The van der Waals surface area contributed by atoms with Crippen molar-refractivity contribution in [2.45, 2.75) is 49.6 Å². The molecule has 1 rings (SSSR count). The Hall–Kier alpha value is -0.350. The van der Waals surface area contributed by atoms with Crippen molar-refractivity contribution in [1.82, 2.24) is 0 Å². The van der Waals surface area contributed by atoms with Crippen molar-refractivity contribution in [2.75, 3.05) is 6.26 Å². The number of alkyl halides is 1. The lowest BCUT2D eigenvalue weighted by atomic mass is 9.99. The fraction of sp³-hybridized carbons (Fsp3) is 0.600. The van der Waals surface area contributed by atoms with Crippen LogP contribution in [0, 0.1) is 0 Å². The summed E-state index contributed by atoms with van der Waals surface area (Å²) in [6.45, 7) is 5.69. The van der Waals surface area contributed by atoms with Gasteiger partial charge >= 0.3 is 0 Å². The highest BCUT2D eigenvalue weighted by Gasteiger charge is 2.38. The van der Waals surface area contributed by atoms with E-state index in [1.54, 1.807) is 13.8 Å². The summed E-state index contributed by atoms with van der Waals surface area (Å²) in [6.07, 6.45) is 4.74. The third-order valence-corrected chi connectivity index (χ3v) is 7.78. The smallest absolute Gasteiger partial charge is 0.154 e. The number of sulfone groups is 1. The van der Waals surface area contributed by atoms with Gasteiger partial charge in [0.05, 0.1) is 9.57 Å². The Morgan fingerprint density at radius 1 is 1.21 bits per heavy atom. The van der Waals surface area contributed by atoms with Crippen LogP contribution in [0.25, 0.3) is 0 Å². The maximum Gasteiger partial charge on any atom is 0.154 e. The second kappa shape index (κ2) is 6.40. The van der Waals surface area contributed by atoms with E-state index in [1.165, 1.54) is 24.7 Å². The SMILES string of the molecule is CCCCc1ccc(C(Br)C(C)(C)S(C)(=O)=O)cc1. The van der Waals surface area contributed by atoms with Crippen LogP contribution in [-0.2, 0) is 16.3 Å². The predicted molar refractivity (Wildman–Crippen MR) is 85.6 cm³/mol. The van der Waals surface area contributed by atoms with Crippen LogP contribution < -0.4 is 0 Å². The number of aryl methyl sites for hydroxylation is 1. The summed E-state index contributed by atoms with van der Waals surface area (Å²) in [4.78, 5) is -0.199. The molecule has 0 heterocycles. The standard InChI is InChI=1S/C15H23BrO2S/c1-5-6-7-12-8-10-13(11-9-12)14(16)15(2,3)19(4,17)18/h8-11,14H,5-7H2,1-4H3. The van der Waals surface area contributed by atoms with Gasteiger partial charge in [0.1, 0.15) is 0 Å². The third kappa shape index (κ3) is 4.06. The van der Waals surface area contributed by atoms with Crippen LogP contribution >= 0.6 is 15.9 Å². The fourth-order valence-corrected chi connectivity index (χ4v) is 3.66. The number of benzene rings is 1. The van der Waals surface area contributed by atoms with E-state index in [1.807, 2.05) is 12.1 Å². The van der Waals surface area contributed by atoms with Crippen molar-refractivity contribution in [1.29, 1.82) is 0 Å². The Morgan fingerprint density at radius 2 is 1.74 bits per heavy atom. The molecule has 0 N–H and O–H groups in total. The zero-order chi connectivity index (χ0) is 14.7. The molecular formula is C15H23BrO2S. The first-order valence-electron chi connectivity index (χ1n) is 6.62. The number of unbranched alkanes of at least 4 members (excludes halogenated alkanes) is 1. The van der Waals surface area contributed by atoms with Crippen LogP contribution in [0.5, 0.6) is 0 Å². The number of hydrogen-bond donors (Lipinski definition) is 0. The van der Waals surface area contributed by atoms with Gasteiger partial charge in [0.25, 0.3) is 0 Å². The molecule has 0 aliphatic carbocycles. The van der Waals surface area contributed by atoms with Crippen molar-refractivity contribution in [3.63, 3.8) is 0 Å². The van der Waals surface area contributed by atoms with Crippen molar-refractivity contribution in [2.24, 2.45) is 0 Å². The average Bonchev–Trinajstić information content (AvgIpc) is 2.34. The van der Waals surface area contributed by atoms with Gasteiger partial charge in [-0.1, -0.05) is 53.5 Å². The highest BCUT2D eigenvalue weighted by atomic mass is 79.9. The van der Waals surface area contributed by atoms with Crippen molar-refractivity contribution in [3.05, 3.63) is 35.4 Å². The monoisotopic (exact) mass is 346 g/mol. The lowest BCUT2D eigenvalue weighted by Gasteiger charge is -2.28. The van der Waals surface area contributed by atoms with E-state index in [4.69, 9.17) is 0 Å². The van der Waals surface area contributed by atoms with Gasteiger partial charge in [0.2, 0.25) is 0 Å². The number of hydrogen-bond acceptors (Lipinski definition) is 2. The Bertz CT molecular complexity index is 503. The minimum atomic E-state index is -3.12. The van der Waals surface area contributed by atoms with Gasteiger partial charge in [-0.2, -0.15) is 0 Å². The summed E-state index contributed by atoms with van der Waals surface area (Å²) in [5, 5.41) is 0. The van der Waals surface area contributed by atoms with Gasteiger partial charge in [0, 0.05) is 6.26 Å². The topological polar surface area (TPSA) is 34.1 Å². The molecule has 0 saturated heterocycles. The Morgan fingerprint density at radius 3 is 2.16 bits per heavy atom. The van der Waals surface area contributed by atoms with Gasteiger partial charge in [0.15, 0.2) is 9.84 Å². The van der Waals surface area contributed by atoms with Gasteiger partial charge in [-0.15, -0.1) is 0 Å². The van der Waals surface area contributed by atoms with Crippen LogP contribution in [0.3, 0.4) is 0 Å². The molecule has 1 atom stereocenters. The summed E-state index contributed by atoms with van der Waals surface area (Å²) in [5.41, 5.74) is 2.32. The molecule has 0 aliphatic heterocycles. The van der Waals surface area contributed by atoms with Gasteiger partial charge in [-0.25, -0.2) is 8.42 Å². The maximum absolute atomic E-state index is 11.8. The quantitative estimate of drug-likeness (QED) is 0.720. The molecule has 19 heavy (non-hydrogen) atoms. The molecule has 0 radical (unpaired) electrons. The Kier molecular flexibility index (Phi) is 5.63. The van der Waals surface area contributed by atoms with Gasteiger partial charge in [-0.3, -0.25) is 0 Å². The molecule has 0 bridgehead atoms. The second-order valence-electron chi connectivity index (χ2n) is 5.58. The van der Waals surface area contributed by atoms with E-state index in [0.29, 0.717) is 0 Å². The Balaban J connectivity index is 2.92. The molecule has 0 amide bonds. The molecule has 2 nitrogen and oxygen atoms in total. The van der Waals surface area contributed by atoms with E-state index in [0.717, 1.165) is 12.0 Å². The van der Waals surface area contributed by atoms with E-state index in [9.17, 15) is 8.42 Å². The zero-order valence-electron chi connectivity index (χ0n) is 12.1. The minimum Gasteiger partial charge on any atom is -0.229 e. The maximum atomic E-state index is 11.8. The van der Waals surface area contributed by atoms with Crippen molar-refractivity contribution in [3.8, 4) is 0 Å². The normalized spacial score (nSPS) is 14.4. The largest absolute Gasteiger partial charge is 0.229 e. The molecule has 1 aromatic carbocycles. The molecule has 0 aromatic heterocycles. The highest BCUT2D eigenvalue weighted by molar-refractivity contribution is 9.09. The molecule has 0 saturated carbocycles. The minimum absolute atomic E-state index is 0.199. The first-order chi connectivity index (χ1) is 8.70. The average molecular weight is 347 g/mol. The Labute approximate surface area is 125 Å². The second-order valence-corrected chi connectivity index (χ2v) is 9.10. The zero-order valence-corrected chi connectivity index (χ0v) is 14.5. The molecule has 0 fully saturated rings. The van der Waals surface area contributed by atoms with E-state index >= 15 is 0 Å². The van der Waals surface area contributed by atoms with Crippen LogP contribution in [0.15, 0.2) is 24.3 Å². The summed E-state index contributed by atoms with van der Waals surface area (Å²) in [5.74, 6) is 0. The van der Waals surface area contributed by atoms with Crippen molar-refractivity contribution < 1.29 is 8.42 Å². The summed E-state index contributed by atoms with van der Waals surface area (Å²) >= 11 is 3.54. The van der Waals surface area contributed by atoms with E-state index in [-0.39, 0.29) is 4.83 Å². The lowest BCUT2D eigenvalue weighted by molar-refractivity contribution is 0.548. The fourth-order valence-electron chi connectivity index (χ4n) is 1.82. The van der Waals surface area contributed by atoms with E-state index in [2.05, 4.69) is 35.0 Å². The number of rotatable bonds is 6. The first-order valence-corrected chi connectivity index (χ1v) is 9.43. The molecule has 0 aliphatic rings. The van der Waals surface area contributed by atoms with Crippen molar-refractivity contribution >= 4 is 25.8 Å². The van der Waals surface area contributed by atoms with Crippen LogP contribution in [-0.4, -0.2) is 19.4 Å². The summed E-state index contributed by atoms with van der Waals surface area (Å²) in [7, 11) is -3.12. The van der Waals surface area contributed by atoms with Gasteiger partial charge in [-0.05, 0) is 37.8 Å². The summed E-state index contributed by atoms with van der Waals surface area (Å²) < 4.78 is 22.9. The lowest BCUT2D eigenvalue weighted by Crippen LogP contribution is -2.35. The van der Waals surface area contributed by atoms with E-state index < -0.39 is 14.6 Å². The molecule has 4 heteroatoms. The molecule has 1 aromatic rings. The van der Waals surface area contributed by atoms with Crippen LogP contribution in [0.4, 0.5) is 0 Å². The highest BCUT2D eigenvalue weighted by Crippen LogP contribution is 2.39. The molecular weight excluding hydrogens is 324 g/mol. The third-order valence-electron chi connectivity index (χ3n) is 3.66. The van der Waals surface area contributed by atoms with Crippen LogP contribution in [0.2, 0.25) is 0 Å². The van der Waals surface area contributed by atoms with Gasteiger partial charge < -0.3 is 0 Å². The predicted octanol–water partition coefficient (Wildman–Crippen LogP) is 4.29. The molecule has 108 valence electrons. The summed E-state index contributed by atoms with van der Waals surface area (Å²) in [6, 6.07) is 8.24. The first kappa shape index (κ1) is 16.7. The molecule has 0 spiro atoms. The molecule has 1 unspecified atom stereocenters.